The van der Waals surface area contributed by atoms with Gasteiger partial charge in [-0.2, -0.15) is 0 Å². The summed E-state index contributed by atoms with van der Waals surface area (Å²) >= 11 is 0. The molecule has 0 bridgehead atoms. The Morgan fingerprint density at radius 2 is 1.42 bits per heavy atom. The van der Waals surface area contributed by atoms with Gasteiger partial charge in [0.1, 0.15) is 11.6 Å². The van der Waals surface area contributed by atoms with Gasteiger partial charge >= 0.3 is 18.0 Å². The van der Waals surface area contributed by atoms with Crippen LogP contribution in [0.25, 0.3) is 5.57 Å². The van der Waals surface area contributed by atoms with Crippen LogP contribution in [0.15, 0.2) is 85.0 Å². The molecule has 0 aromatic heterocycles. The summed E-state index contributed by atoms with van der Waals surface area (Å²) in [6, 6.07) is 18.2. The number of nitrogens with zero attached hydrogens (tertiary/aromatic N) is 1. The molecule has 12 heteroatoms. The fourth-order valence-corrected chi connectivity index (χ4v) is 5.17. The summed E-state index contributed by atoms with van der Waals surface area (Å²) in [5.74, 6) is 0.865. The molecule has 3 N–H and O–H groups in total. The van der Waals surface area contributed by atoms with Crippen LogP contribution in [-0.4, -0.2) is 79.1 Å². The largest absolute Gasteiger partial charge is 0.493 e. The molecule has 1 aliphatic rings. The van der Waals surface area contributed by atoms with Crippen molar-refractivity contribution in [1.82, 2.24) is 10.2 Å². The lowest BCUT2D eigenvalue weighted by atomic mass is 9.91. The Kier molecular flexibility index (Phi) is 15.0. The van der Waals surface area contributed by atoms with E-state index >= 15 is 0 Å². The summed E-state index contributed by atoms with van der Waals surface area (Å²) in [5, 5.41) is 18.4. The van der Waals surface area contributed by atoms with Crippen LogP contribution >= 0.6 is 0 Å². The number of terminal acetylenes is 1. The van der Waals surface area contributed by atoms with Crippen molar-refractivity contribution in [2.24, 2.45) is 0 Å². The number of ether oxygens (including phenoxy) is 3. The lowest BCUT2D eigenvalue weighted by Gasteiger charge is -2.37. The van der Waals surface area contributed by atoms with Crippen molar-refractivity contribution < 1.29 is 47.6 Å². The molecular formula is C38H40F2N2O8. The molecule has 10 nitrogen and oxygen atoms in total. The summed E-state index contributed by atoms with van der Waals surface area (Å²) in [6.45, 7) is 2.51. The standard InChI is InChI=1S/C34H36F2N2O4.C4H4O4/c1-4-34(42-33(39)37-20-17-25-7-16-31(40-2)32(24-25)41-3)18-22-38(23-19-34)21-5-6-30(26-8-12-28(35)13-9-26)27-10-14-29(36)15-11-27;5-3(6)1-2-4(7)8/h1,6-16,24H,5,17-23H2,2-3H3,(H,37,39);1-2H,(H,5,6)(H,7,8). The van der Waals surface area contributed by atoms with Crippen LogP contribution in [0.1, 0.15) is 36.0 Å². The number of carboxylic acids is 2. The van der Waals surface area contributed by atoms with Gasteiger partial charge in [0.05, 0.1) is 14.2 Å². The topological polar surface area (TPSA) is 135 Å². The minimum Gasteiger partial charge on any atom is -0.493 e. The number of carbonyl (C=O) groups is 3. The molecule has 0 radical (unpaired) electrons. The number of aliphatic carboxylic acids is 2. The molecule has 4 rings (SSSR count). The predicted molar refractivity (Wildman–Crippen MR) is 184 cm³/mol. The number of carbonyl (C=O) groups excluding carboxylic acids is 1. The maximum atomic E-state index is 13.5. The zero-order valence-electron chi connectivity index (χ0n) is 27.9. The van der Waals surface area contributed by atoms with Crippen molar-refractivity contribution in [3.8, 4) is 23.8 Å². The van der Waals surface area contributed by atoms with Gasteiger partial charge in [0, 0.05) is 51.2 Å². The van der Waals surface area contributed by atoms with E-state index in [1.165, 1.54) is 24.3 Å². The van der Waals surface area contributed by atoms with E-state index < -0.39 is 23.6 Å². The average molecular weight is 691 g/mol. The highest BCUT2D eigenvalue weighted by molar-refractivity contribution is 5.89. The molecule has 1 aliphatic heterocycles. The van der Waals surface area contributed by atoms with Gasteiger partial charge in [-0.25, -0.2) is 23.2 Å². The molecule has 264 valence electrons. The summed E-state index contributed by atoms with van der Waals surface area (Å²) < 4.78 is 43.4. The first kappa shape index (κ1) is 38.8. The van der Waals surface area contributed by atoms with E-state index in [0.29, 0.717) is 62.5 Å². The third-order valence-electron chi connectivity index (χ3n) is 7.82. The van der Waals surface area contributed by atoms with E-state index in [4.69, 9.17) is 30.8 Å². The number of hydrogen-bond donors (Lipinski definition) is 3. The van der Waals surface area contributed by atoms with Crippen LogP contribution in [0, 0.1) is 24.0 Å². The quantitative estimate of drug-likeness (QED) is 0.147. The van der Waals surface area contributed by atoms with Crippen LogP contribution in [0.4, 0.5) is 13.6 Å². The van der Waals surface area contributed by atoms with Gasteiger partial charge in [0.15, 0.2) is 17.1 Å². The molecule has 1 saturated heterocycles. The van der Waals surface area contributed by atoms with Crippen LogP contribution < -0.4 is 14.8 Å². The van der Waals surface area contributed by atoms with Crippen molar-refractivity contribution in [2.45, 2.75) is 31.3 Å². The highest BCUT2D eigenvalue weighted by Gasteiger charge is 2.36. The number of alkyl carbamates (subject to hydrolysis) is 1. The molecule has 0 spiro atoms. The monoisotopic (exact) mass is 690 g/mol. The summed E-state index contributed by atoms with van der Waals surface area (Å²) in [4.78, 5) is 34.0. The number of likely N-dealkylation sites (tertiary alicyclic amines) is 1. The third-order valence-corrected chi connectivity index (χ3v) is 7.82. The lowest BCUT2D eigenvalue weighted by Crippen LogP contribution is -2.48. The Bertz CT molecular complexity index is 1630. The lowest BCUT2D eigenvalue weighted by molar-refractivity contribution is -0.134. The maximum absolute atomic E-state index is 13.5. The highest BCUT2D eigenvalue weighted by Crippen LogP contribution is 2.29. The number of piperidine rings is 1. The molecule has 0 saturated carbocycles. The molecule has 3 aromatic carbocycles. The highest BCUT2D eigenvalue weighted by atomic mass is 19.1. The minimum atomic E-state index is -1.26. The van der Waals surface area contributed by atoms with Crippen molar-refractivity contribution >= 4 is 23.6 Å². The number of amides is 1. The van der Waals surface area contributed by atoms with E-state index in [1.54, 1.807) is 38.5 Å². The second-order valence-corrected chi connectivity index (χ2v) is 11.2. The Morgan fingerprint density at radius 1 is 0.880 bits per heavy atom. The first-order valence-corrected chi connectivity index (χ1v) is 15.7. The molecule has 0 unspecified atom stereocenters. The molecule has 0 atom stereocenters. The number of carboxylic acid groups (broad SMARTS) is 2. The number of nitrogens with one attached hydrogen (secondary N) is 1. The van der Waals surface area contributed by atoms with E-state index in [1.807, 2.05) is 18.2 Å². The van der Waals surface area contributed by atoms with Crippen molar-refractivity contribution in [1.29, 1.82) is 0 Å². The first-order valence-electron chi connectivity index (χ1n) is 15.7. The molecule has 1 amide bonds. The fourth-order valence-electron chi connectivity index (χ4n) is 5.17. The van der Waals surface area contributed by atoms with Crippen LogP contribution in [0.3, 0.4) is 0 Å². The summed E-state index contributed by atoms with van der Waals surface area (Å²) in [7, 11) is 3.16. The molecule has 1 heterocycles. The second-order valence-electron chi connectivity index (χ2n) is 11.2. The summed E-state index contributed by atoms with van der Waals surface area (Å²) in [6.07, 6.45) is 10.9. The van der Waals surface area contributed by atoms with E-state index in [2.05, 4.69) is 22.2 Å². The van der Waals surface area contributed by atoms with Gasteiger partial charge in [-0.1, -0.05) is 42.3 Å². The average Bonchev–Trinajstić information content (AvgIpc) is 3.11. The number of halogens is 2. The van der Waals surface area contributed by atoms with Crippen molar-refractivity contribution in [2.75, 3.05) is 40.4 Å². The van der Waals surface area contributed by atoms with Crippen LogP contribution in [-0.2, 0) is 20.7 Å². The molecule has 1 fully saturated rings. The molecule has 3 aromatic rings. The van der Waals surface area contributed by atoms with E-state index in [-0.39, 0.29) is 11.6 Å². The van der Waals surface area contributed by atoms with E-state index in [9.17, 15) is 23.2 Å². The number of methoxy groups -OCH3 is 2. The molecular weight excluding hydrogens is 650 g/mol. The van der Waals surface area contributed by atoms with Gasteiger partial charge in [0.25, 0.3) is 0 Å². The Labute approximate surface area is 290 Å². The Hall–Kier alpha value is -5.67. The van der Waals surface area contributed by atoms with Gasteiger partial charge in [0.2, 0.25) is 0 Å². The number of benzene rings is 3. The normalized spacial score (nSPS) is 13.6. The first-order chi connectivity index (χ1) is 24.0. The van der Waals surface area contributed by atoms with Crippen molar-refractivity contribution in [3.05, 3.63) is 113 Å². The summed E-state index contributed by atoms with van der Waals surface area (Å²) in [5.41, 5.74) is 2.67. The third kappa shape index (κ3) is 12.4. The SMILES string of the molecule is C#CC1(OC(=O)NCCc2ccc(OC)c(OC)c2)CCN(CCC=C(c2ccc(F)cc2)c2ccc(F)cc2)CC1.O=C(O)C=CC(=O)O. The van der Waals surface area contributed by atoms with Gasteiger partial charge in [-0.05, 0) is 71.5 Å². The molecule has 0 aliphatic carbocycles. The maximum Gasteiger partial charge on any atom is 0.408 e. The van der Waals surface area contributed by atoms with Crippen LogP contribution in [0.2, 0.25) is 0 Å². The molecule has 50 heavy (non-hydrogen) atoms. The Morgan fingerprint density at radius 3 is 1.90 bits per heavy atom. The van der Waals surface area contributed by atoms with Gasteiger partial charge in [-0.3, -0.25) is 0 Å². The van der Waals surface area contributed by atoms with Crippen molar-refractivity contribution in [3.63, 3.8) is 0 Å². The van der Waals surface area contributed by atoms with E-state index in [0.717, 1.165) is 35.2 Å². The smallest absolute Gasteiger partial charge is 0.408 e. The predicted octanol–water partition coefficient (Wildman–Crippen LogP) is 5.95. The zero-order valence-corrected chi connectivity index (χ0v) is 27.9. The van der Waals surface area contributed by atoms with Crippen LogP contribution in [0.5, 0.6) is 11.5 Å². The number of rotatable bonds is 13. The second kappa shape index (κ2) is 19.4. The minimum absolute atomic E-state index is 0.309. The Balaban J connectivity index is 0.000000753. The number of hydrogen-bond acceptors (Lipinski definition) is 7. The van der Waals surface area contributed by atoms with Gasteiger partial charge < -0.3 is 34.6 Å². The fraction of sp³-hybridized carbons (Fsp3) is 0.289. The zero-order chi connectivity index (χ0) is 36.5. The van der Waals surface area contributed by atoms with Gasteiger partial charge in [-0.15, -0.1) is 6.42 Å².